The first-order valence-electron chi connectivity index (χ1n) is 6.17. The number of para-hydroxylation sites is 2. The van der Waals surface area contributed by atoms with Crippen LogP contribution in [0.4, 0.5) is 0 Å². The van der Waals surface area contributed by atoms with Crippen LogP contribution < -0.4 is 0 Å². The summed E-state index contributed by atoms with van der Waals surface area (Å²) in [6.07, 6.45) is 1.95. The molecule has 6 heteroatoms. The van der Waals surface area contributed by atoms with Gasteiger partial charge in [0.1, 0.15) is 5.52 Å². The van der Waals surface area contributed by atoms with E-state index in [1.54, 1.807) is 11.8 Å². The lowest BCUT2D eigenvalue weighted by Gasteiger charge is -1.96. The second-order valence-corrected chi connectivity index (χ2v) is 5.22. The number of hydrogen-bond donors (Lipinski definition) is 0. The highest BCUT2D eigenvalue weighted by molar-refractivity contribution is 7.98. The predicted molar refractivity (Wildman–Crippen MR) is 76.6 cm³/mol. The highest BCUT2D eigenvalue weighted by Crippen LogP contribution is 2.23. The molecule has 0 amide bonds. The highest BCUT2D eigenvalue weighted by Gasteiger charge is 2.09. The van der Waals surface area contributed by atoms with Gasteiger partial charge in [0.05, 0.1) is 5.75 Å². The summed E-state index contributed by atoms with van der Waals surface area (Å²) >= 11 is 1.56. The van der Waals surface area contributed by atoms with Crippen molar-refractivity contribution < 1.29 is 4.42 Å². The van der Waals surface area contributed by atoms with Crippen molar-refractivity contribution in [3.8, 4) is 0 Å². The van der Waals surface area contributed by atoms with Gasteiger partial charge in [0.15, 0.2) is 16.4 Å². The van der Waals surface area contributed by atoms with Crippen molar-refractivity contribution >= 4 is 28.5 Å². The van der Waals surface area contributed by atoms with E-state index in [0.29, 0.717) is 11.6 Å². The molecule has 0 unspecified atom stereocenters. The lowest BCUT2D eigenvalue weighted by Crippen LogP contribution is -1.87. The highest BCUT2D eigenvalue weighted by atomic mass is 32.2. The van der Waals surface area contributed by atoms with E-state index in [0.717, 1.165) is 21.9 Å². The van der Waals surface area contributed by atoms with Crippen molar-refractivity contribution in [3.63, 3.8) is 0 Å². The molecule has 0 radical (unpaired) electrons. The zero-order valence-corrected chi connectivity index (χ0v) is 11.2. The van der Waals surface area contributed by atoms with E-state index in [1.807, 2.05) is 53.1 Å². The van der Waals surface area contributed by atoms with Gasteiger partial charge >= 0.3 is 0 Å². The molecule has 20 heavy (non-hydrogen) atoms. The predicted octanol–water partition coefficient (Wildman–Crippen LogP) is 3.16. The fourth-order valence-electron chi connectivity index (χ4n) is 2.03. The third-order valence-corrected chi connectivity index (χ3v) is 3.87. The van der Waals surface area contributed by atoms with Crippen LogP contribution in [0.1, 0.15) is 5.89 Å². The molecule has 5 nitrogen and oxygen atoms in total. The quantitative estimate of drug-likeness (QED) is 0.540. The molecule has 98 valence electrons. The minimum atomic E-state index is 0.629. The fraction of sp³-hybridized carbons (Fsp3) is 0.0714. The smallest absolute Gasteiger partial charge is 0.205 e. The average molecular weight is 282 g/mol. The molecule has 3 aromatic heterocycles. The summed E-state index contributed by atoms with van der Waals surface area (Å²) in [6, 6.07) is 13.6. The van der Waals surface area contributed by atoms with Gasteiger partial charge in [0.2, 0.25) is 5.89 Å². The lowest BCUT2D eigenvalue weighted by atomic mass is 10.3. The zero-order valence-electron chi connectivity index (χ0n) is 10.4. The topological polar surface area (TPSA) is 56.2 Å². The van der Waals surface area contributed by atoms with Crippen LogP contribution in [0.25, 0.3) is 16.7 Å². The Kier molecular flexibility index (Phi) is 2.67. The molecule has 3 heterocycles. The molecule has 0 atom stereocenters. The zero-order chi connectivity index (χ0) is 13.4. The van der Waals surface area contributed by atoms with E-state index < -0.39 is 0 Å². The van der Waals surface area contributed by atoms with E-state index in [1.165, 1.54) is 0 Å². The molecule has 0 spiro atoms. The summed E-state index contributed by atoms with van der Waals surface area (Å²) in [5.41, 5.74) is 2.54. The van der Waals surface area contributed by atoms with Gasteiger partial charge in [0, 0.05) is 6.20 Å². The van der Waals surface area contributed by atoms with E-state index >= 15 is 0 Å². The number of nitrogens with zero attached hydrogens (tertiary/aromatic N) is 4. The van der Waals surface area contributed by atoms with Crippen LogP contribution >= 0.6 is 11.8 Å². The second kappa shape index (κ2) is 4.64. The Bertz CT molecular complexity index is 850. The van der Waals surface area contributed by atoms with Crippen molar-refractivity contribution in [2.45, 2.75) is 10.9 Å². The third-order valence-electron chi connectivity index (χ3n) is 2.95. The molecule has 0 aliphatic heterocycles. The lowest BCUT2D eigenvalue weighted by molar-refractivity contribution is 0.556. The molecule has 0 aliphatic carbocycles. The van der Waals surface area contributed by atoms with Crippen molar-refractivity contribution in [1.29, 1.82) is 0 Å². The number of thioether (sulfide) groups is 1. The standard InChI is InChI=1S/C14H10N4OS/c1-2-6-11-10(5-1)15-13(19-11)9-20-14-17-16-12-7-3-4-8-18(12)14/h1-8H,9H2. The molecule has 0 saturated carbocycles. The summed E-state index contributed by atoms with van der Waals surface area (Å²) < 4.78 is 7.64. The van der Waals surface area contributed by atoms with Crippen molar-refractivity contribution in [2.24, 2.45) is 0 Å². The van der Waals surface area contributed by atoms with Crippen molar-refractivity contribution in [2.75, 3.05) is 0 Å². The second-order valence-electron chi connectivity index (χ2n) is 4.28. The molecule has 0 bridgehead atoms. The van der Waals surface area contributed by atoms with Crippen LogP contribution in [-0.4, -0.2) is 19.6 Å². The number of benzene rings is 1. The molecular formula is C14H10N4OS. The number of pyridine rings is 1. The van der Waals surface area contributed by atoms with Gasteiger partial charge in [-0.05, 0) is 24.3 Å². The Morgan fingerprint density at radius 1 is 1.05 bits per heavy atom. The third kappa shape index (κ3) is 1.94. The van der Waals surface area contributed by atoms with Crippen molar-refractivity contribution in [3.05, 3.63) is 54.6 Å². The van der Waals surface area contributed by atoms with Gasteiger partial charge < -0.3 is 4.42 Å². The first kappa shape index (κ1) is 11.5. The van der Waals surface area contributed by atoms with Gasteiger partial charge in [-0.1, -0.05) is 30.0 Å². The molecule has 0 fully saturated rings. The summed E-state index contributed by atoms with van der Waals surface area (Å²) in [4.78, 5) is 4.45. The molecule has 0 aliphatic rings. The van der Waals surface area contributed by atoms with E-state index in [9.17, 15) is 0 Å². The maximum absolute atomic E-state index is 5.69. The van der Waals surface area contributed by atoms with Crippen LogP contribution in [-0.2, 0) is 5.75 Å². The van der Waals surface area contributed by atoms with E-state index in [4.69, 9.17) is 4.42 Å². The number of oxazole rings is 1. The Balaban J connectivity index is 1.60. The average Bonchev–Trinajstić information content (AvgIpc) is 3.08. The minimum absolute atomic E-state index is 0.629. The Morgan fingerprint density at radius 3 is 2.90 bits per heavy atom. The van der Waals surface area contributed by atoms with Crippen LogP contribution in [0, 0.1) is 0 Å². The Labute approximate surface area is 118 Å². The normalized spacial score (nSPS) is 11.4. The SMILES string of the molecule is c1ccc2oc(CSc3nnc4ccccn34)nc2c1. The van der Waals surface area contributed by atoms with Crippen LogP contribution in [0.3, 0.4) is 0 Å². The molecule has 0 saturated heterocycles. The van der Waals surface area contributed by atoms with E-state index in [-0.39, 0.29) is 0 Å². The summed E-state index contributed by atoms with van der Waals surface area (Å²) in [5.74, 6) is 1.33. The maximum atomic E-state index is 5.69. The van der Waals surface area contributed by atoms with Gasteiger partial charge in [-0.2, -0.15) is 0 Å². The number of fused-ring (bicyclic) bond motifs is 2. The summed E-state index contributed by atoms with van der Waals surface area (Å²) in [7, 11) is 0. The van der Waals surface area contributed by atoms with Gasteiger partial charge in [-0.3, -0.25) is 4.40 Å². The minimum Gasteiger partial charge on any atom is -0.440 e. The fourth-order valence-corrected chi connectivity index (χ4v) is 2.79. The molecule has 4 rings (SSSR count). The van der Waals surface area contributed by atoms with Crippen LogP contribution in [0.5, 0.6) is 0 Å². The largest absolute Gasteiger partial charge is 0.440 e. The molecule has 1 aromatic carbocycles. The number of hydrogen-bond acceptors (Lipinski definition) is 5. The first-order valence-corrected chi connectivity index (χ1v) is 7.16. The Morgan fingerprint density at radius 2 is 1.95 bits per heavy atom. The maximum Gasteiger partial charge on any atom is 0.205 e. The Hall–Kier alpha value is -2.34. The van der Waals surface area contributed by atoms with E-state index in [2.05, 4.69) is 15.2 Å². The van der Waals surface area contributed by atoms with Crippen molar-refractivity contribution in [1.82, 2.24) is 19.6 Å². The number of aromatic nitrogens is 4. The van der Waals surface area contributed by atoms with Gasteiger partial charge in [-0.25, -0.2) is 4.98 Å². The van der Waals surface area contributed by atoms with Crippen LogP contribution in [0.15, 0.2) is 58.2 Å². The monoisotopic (exact) mass is 282 g/mol. The molecule has 4 aromatic rings. The summed E-state index contributed by atoms with van der Waals surface area (Å²) in [5, 5.41) is 9.12. The van der Waals surface area contributed by atoms with Crippen LogP contribution in [0.2, 0.25) is 0 Å². The first-order chi connectivity index (χ1) is 9.90. The van der Waals surface area contributed by atoms with Gasteiger partial charge in [-0.15, -0.1) is 10.2 Å². The summed E-state index contributed by atoms with van der Waals surface area (Å²) in [6.45, 7) is 0. The molecular weight excluding hydrogens is 272 g/mol. The molecule has 0 N–H and O–H groups in total. The van der Waals surface area contributed by atoms with Gasteiger partial charge in [0.25, 0.3) is 0 Å². The number of rotatable bonds is 3.